The monoisotopic (exact) mass is 450 g/mol. The number of likely N-dealkylation sites (tertiary alicyclic amines) is 1. The van der Waals surface area contributed by atoms with Crippen LogP contribution in [0.4, 0.5) is 0 Å². The van der Waals surface area contributed by atoms with Crippen molar-refractivity contribution in [2.24, 2.45) is 11.1 Å². The van der Waals surface area contributed by atoms with Gasteiger partial charge in [0.25, 0.3) is 0 Å². The van der Waals surface area contributed by atoms with Crippen LogP contribution in [0, 0.1) is 5.92 Å². The van der Waals surface area contributed by atoms with Crippen molar-refractivity contribution < 1.29 is 23.8 Å². The molecule has 1 aliphatic carbocycles. The second-order valence-electron chi connectivity index (χ2n) is 8.71. The van der Waals surface area contributed by atoms with Gasteiger partial charge < -0.3 is 23.9 Å². The molecule has 1 heterocycles. The van der Waals surface area contributed by atoms with E-state index in [1.807, 2.05) is 58.9 Å². The van der Waals surface area contributed by atoms with Crippen LogP contribution in [0.1, 0.15) is 60.3 Å². The van der Waals surface area contributed by atoms with E-state index in [0.717, 1.165) is 36.0 Å². The molecule has 2 unspecified atom stereocenters. The van der Waals surface area contributed by atoms with Gasteiger partial charge in [-0.25, -0.2) is 4.79 Å². The molecule has 1 aromatic rings. The van der Waals surface area contributed by atoms with Gasteiger partial charge in [0.05, 0.1) is 19.9 Å². The average Bonchev–Trinajstić information content (AvgIpc) is 3.14. The zero-order valence-corrected chi connectivity index (χ0v) is 21.1. The van der Waals surface area contributed by atoms with Gasteiger partial charge in [-0.15, -0.1) is 0 Å². The Morgan fingerprint density at radius 2 is 1.69 bits per heavy atom. The number of esters is 1. The topological polar surface area (TPSA) is 69.6 Å². The summed E-state index contributed by atoms with van der Waals surface area (Å²) in [5, 5.41) is 4.14. The molecule has 7 nitrogen and oxygen atoms in total. The molecular formula is C25H42N2O5. The van der Waals surface area contributed by atoms with E-state index in [1.165, 1.54) is 19.4 Å². The van der Waals surface area contributed by atoms with Crippen LogP contribution in [0.15, 0.2) is 29.4 Å². The molecule has 2 atom stereocenters. The number of methoxy groups -OCH3 is 2. The zero-order valence-electron chi connectivity index (χ0n) is 21.1. The van der Waals surface area contributed by atoms with Crippen molar-refractivity contribution in [3.8, 4) is 11.5 Å². The first kappa shape index (κ1) is 27.8. The van der Waals surface area contributed by atoms with Crippen molar-refractivity contribution in [3.63, 3.8) is 0 Å². The van der Waals surface area contributed by atoms with E-state index in [4.69, 9.17) is 19.0 Å². The van der Waals surface area contributed by atoms with Gasteiger partial charge in [0.2, 0.25) is 6.61 Å². The summed E-state index contributed by atoms with van der Waals surface area (Å²) in [7, 11) is 5.42. The summed E-state index contributed by atoms with van der Waals surface area (Å²) < 4.78 is 15.2. The molecule has 2 aliphatic rings. The molecule has 0 bridgehead atoms. The molecule has 0 amide bonds. The summed E-state index contributed by atoms with van der Waals surface area (Å²) in [6.07, 6.45) is 4.44. The van der Waals surface area contributed by atoms with Crippen LogP contribution < -0.4 is 9.47 Å². The van der Waals surface area contributed by atoms with Gasteiger partial charge in [-0.05, 0) is 71.7 Å². The molecule has 0 N–H and O–H groups in total. The maximum Gasteiger partial charge on any atom is 0.347 e. The Labute approximate surface area is 194 Å². The standard InChI is InChI=1S/C15H26N2O3.C8H10O2.C2H6/c1-15(2,3)20-14(18)10-19-16-12-6-5-11-7-8-17(4)13(11)9-12;1-9-7-5-3-4-6-8(7)10-2;1-2/h11,13H,5-10H2,1-4H3;3-6H,1-2H3;1-2H3/b16-12+;;. The number of benzene rings is 1. The molecule has 3 rings (SSSR count). The lowest BCUT2D eigenvalue weighted by Gasteiger charge is -2.29. The molecule has 2 fully saturated rings. The molecule has 1 aliphatic heterocycles. The fourth-order valence-electron chi connectivity index (χ4n) is 3.86. The van der Waals surface area contributed by atoms with E-state index in [2.05, 4.69) is 17.1 Å². The van der Waals surface area contributed by atoms with Crippen molar-refractivity contribution in [3.05, 3.63) is 24.3 Å². The predicted octanol–water partition coefficient (Wildman–Crippen LogP) is 4.93. The first-order valence-electron chi connectivity index (χ1n) is 11.5. The fourth-order valence-corrected chi connectivity index (χ4v) is 3.86. The van der Waals surface area contributed by atoms with Crippen molar-refractivity contribution in [1.82, 2.24) is 4.90 Å². The highest BCUT2D eigenvalue weighted by Crippen LogP contribution is 2.34. The minimum atomic E-state index is -0.474. The minimum Gasteiger partial charge on any atom is -0.493 e. The SMILES string of the molecule is CC.CN1CCC2CC/C(=N\OCC(=O)OC(C)(C)C)CC21.COc1ccccc1OC. The van der Waals surface area contributed by atoms with Gasteiger partial charge in [0.15, 0.2) is 11.5 Å². The summed E-state index contributed by atoms with van der Waals surface area (Å²) in [6.45, 7) is 10.6. The van der Waals surface area contributed by atoms with Crippen LogP contribution in [-0.2, 0) is 14.4 Å². The lowest BCUT2D eigenvalue weighted by Crippen LogP contribution is -2.35. The molecule has 0 aromatic heterocycles. The Bertz CT molecular complexity index is 692. The van der Waals surface area contributed by atoms with Gasteiger partial charge in [0.1, 0.15) is 5.60 Å². The Morgan fingerprint density at radius 1 is 1.09 bits per heavy atom. The van der Waals surface area contributed by atoms with Crippen LogP contribution in [0.2, 0.25) is 0 Å². The van der Waals surface area contributed by atoms with Crippen molar-refractivity contribution in [1.29, 1.82) is 0 Å². The average molecular weight is 451 g/mol. The summed E-state index contributed by atoms with van der Waals surface area (Å²) in [4.78, 5) is 19.1. The molecule has 0 radical (unpaired) electrons. The molecule has 182 valence electrons. The zero-order chi connectivity index (χ0) is 24.1. The third-order valence-corrected chi connectivity index (χ3v) is 5.30. The van der Waals surface area contributed by atoms with E-state index in [9.17, 15) is 4.79 Å². The highest BCUT2D eigenvalue weighted by molar-refractivity contribution is 5.85. The second kappa shape index (κ2) is 14.0. The Hall–Kier alpha value is -2.28. The number of para-hydroxylation sites is 2. The van der Waals surface area contributed by atoms with E-state index < -0.39 is 5.60 Å². The van der Waals surface area contributed by atoms with E-state index >= 15 is 0 Å². The van der Waals surface area contributed by atoms with Gasteiger partial charge in [0, 0.05) is 12.5 Å². The maximum atomic E-state index is 11.5. The van der Waals surface area contributed by atoms with Crippen LogP contribution in [0.3, 0.4) is 0 Å². The number of fused-ring (bicyclic) bond motifs is 1. The second-order valence-corrected chi connectivity index (χ2v) is 8.71. The largest absolute Gasteiger partial charge is 0.493 e. The molecule has 7 heteroatoms. The Morgan fingerprint density at radius 3 is 2.22 bits per heavy atom. The quantitative estimate of drug-likeness (QED) is 0.468. The van der Waals surface area contributed by atoms with Gasteiger partial charge in [-0.1, -0.05) is 31.1 Å². The third-order valence-electron chi connectivity index (χ3n) is 5.30. The fraction of sp³-hybridized carbons (Fsp3) is 0.680. The number of nitrogens with zero attached hydrogens (tertiary/aromatic N) is 2. The summed E-state index contributed by atoms with van der Waals surface area (Å²) in [6, 6.07) is 8.13. The molecule has 1 saturated heterocycles. The number of ether oxygens (including phenoxy) is 3. The number of carbonyl (C=O) groups excluding carboxylic acids is 1. The number of rotatable bonds is 5. The van der Waals surface area contributed by atoms with Crippen LogP contribution >= 0.6 is 0 Å². The third kappa shape index (κ3) is 9.47. The van der Waals surface area contributed by atoms with Gasteiger partial charge in [-0.3, -0.25) is 0 Å². The summed E-state index contributed by atoms with van der Waals surface area (Å²) in [5.41, 5.74) is 0.599. The maximum absolute atomic E-state index is 11.5. The molecular weight excluding hydrogens is 408 g/mol. The van der Waals surface area contributed by atoms with Crippen molar-refractivity contribution >= 4 is 11.7 Å². The summed E-state index contributed by atoms with van der Waals surface area (Å²) in [5.74, 6) is 1.98. The van der Waals surface area contributed by atoms with E-state index in [1.54, 1.807) is 14.2 Å². The number of oxime groups is 1. The summed E-state index contributed by atoms with van der Waals surface area (Å²) >= 11 is 0. The lowest BCUT2D eigenvalue weighted by molar-refractivity contribution is -0.160. The first-order chi connectivity index (χ1) is 15.2. The molecule has 0 spiro atoms. The normalized spacial score (nSPS) is 21.3. The highest BCUT2D eigenvalue weighted by atomic mass is 16.7. The molecule has 1 aromatic carbocycles. The van der Waals surface area contributed by atoms with Gasteiger partial charge >= 0.3 is 5.97 Å². The minimum absolute atomic E-state index is 0.106. The van der Waals surface area contributed by atoms with Crippen LogP contribution in [0.25, 0.3) is 0 Å². The number of hydrogen-bond donors (Lipinski definition) is 0. The first-order valence-corrected chi connectivity index (χ1v) is 11.5. The van der Waals surface area contributed by atoms with E-state index in [-0.39, 0.29) is 12.6 Å². The lowest BCUT2D eigenvalue weighted by atomic mass is 9.84. The van der Waals surface area contributed by atoms with Crippen molar-refractivity contribution in [2.45, 2.75) is 71.9 Å². The smallest absolute Gasteiger partial charge is 0.347 e. The number of hydrogen-bond acceptors (Lipinski definition) is 7. The van der Waals surface area contributed by atoms with Crippen molar-refractivity contribution in [2.75, 3.05) is 34.4 Å². The van der Waals surface area contributed by atoms with Crippen LogP contribution in [-0.4, -0.2) is 62.6 Å². The molecule has 1 saturated carbocycles. The van der Waals surface area contributed by atoms with Crippen LogP contribution in [0.5, 0.6) is 11.5 Å². The molecule has 32 heavy (non-hydrogen) atoms. The van der Waals surface area contributed by atoms with E-state index in [0.29, 0.717) is 6.04 Å². The number of carbonyl (C=O) groups is 1. The Kier molecular flexibility index (Phi) is 12.1. The van der Waals surface area contributed by atoms with Gasteiger partial charge in [-0.2, -0.15) is 0 Å². The Balaban J connectivity index is 0.000000358. The predicted molar refractivity (Wildman–Crippen MR) is 129 cm³/mol. The highest BCUT2D eigenvalue weighted by Gasteiger charge is 2.35.